The van der Waals surface area contributed by atoms with Gasteiger partial charge in [-0.25, -0.2) is 4.79 Å². The molecule has 2 rings (SSSR count). The number of amides is 2. The van der Waals surface area contributed by atoms with Crippen molar-refractivity contribution in [2.75, 3.05) is 23.8 Å². The van der Waals surface area contributed by atoms with E-state index in [1.807, 2.05) is 13.8 Å². The van der Waals surface area contributed by atoms with Gasteiger partial charge in [0.25, 0.3) is 5.91 Å². The molecular weight excluding hydrogens is 516 g/mol. The van der Waals surface area contributed by atoms with Crippen LogP contribution in [-0.2, 0) is 23.9 Å². The van der Waals surface area contributed by atoms with Crippen LogP contribution >= 0.6 is 27.5 Å². The molecular formula is C23H24BrClN2O6. The van der Waals surface area contributed by atoms with Crippen molar-refractivity contribution < 1.29 is 28.7 Å². The minimum Gasteiger partial charge on any atom is -0.462 e. The number of anilines is 2. The van der Waals surface area contributed by atoms with Gasteiger partial charge in [0.1, 0.15) is 0 Å². The second-order valence-corrected chi connectivity index (χ2v) is 8.72. The van der Waals surface area contributed by atoms with E-state index in [0.717, 1.165) is 0 Å². The highest BCUT2D eigenvalue weighted by Gasteiger charge is 2.12. The summed E-state index contributed by atoms with van der Waals surface area (Å²) in [5, 5.41) is 5.61. The molecule has 2 aromatic rings. The number of halogens is 2. The normalized spacial score (nSPS) is 10.5. The van der Waals surface area contributed by atoms with Gasteiger partial charge in [0.05, 0.1) is 23.6 Å². The van der Waals surface area contributed by atoms with E-state index < -0.39 is 30.4 Å². The lowest BCUT2D eigenvalue weighted by atomic mass is 10.2. The molecule has 0 fully saturated rings. The Morgan fingerprint density at radius 1 is 0.909 bits per heavy atom. The number of hydrogen-bond donors (Lipinski definition) is 2. The maximum Gasteiger partial charge on any atom is 0.338 e. The van der Waals surface area contributed by atoms with Crippen LogP contribution in [0, 0.1) is 5.92 Å². The standard InChI is InChI=1S/C23H24BrClN2O6/c1-14(2)12-33-23(31)15-3-5-16(6-4-15)26-20(28)9-10-22(30)32-13-21(29)27-17-7-8-18(24)19(25)11-17/h3-8,11,14H,9-10,12-13H2,1-2H3,(H,26,28)(H,27,29). The van der Waals surface area contributed by atoms with E-state index in [-0.39, 0.29) is 18.8 Å². The van der Waals surface area contributed by atoms with Crippen molar-refractivity contribution in [1.82, 2.24) is 0 Å². The number of ether oxygens (including phenoxy) is 2. The molecule has 0 aliphatic rings. The van der Waals surface area contributed by atoms with Gasteiger partial charge in [-0.2, -0.15) is 0 Å². The lowest BCUT2D eigenvalue weighted by Crippen LogP contribution is -2.21. The number of hydrogen-bond acceptors (Lipinski definition) is 6. The maximum atomic E-state index is 12.0. The Labute approximate surface area is 205 Å². The molecule has 8 nitrogen and oxygen atoms in total. The highest BCUT2D eigenvalue weighted by atomic mass is 79.9. The van der Waals surface area contributed by atoms with E-state index in [4.69, 9.17) is 21.1 Å². The van der Waals surface area contributed by atoms with Crippen molar-refractivity contribution in [1.29, 1.82) is 0 Å². The molecule has 0 saturated carbocycles. The fourth-order valence-corrected chi connectivity index (χ4v) is 2.87. The zero-order chi connectivity index (χ0) is 24.4. The fourth-order valence-electron chi connectivity index (χ4n) is 2.44. The molecule has 2 N–H and O–H groups in total. The van der Waals surface area contributed by atoms with Gasteiger partial charge >= 0.3 is 11.9 Å². The Bertz CT molecular complexity index is 1010. The molecule has 10 heteroatoms. The Morgan fingerprint density at radius 2 is 1.55 bits per heavy atom. The first-order valence-electron chi connectivity index (χ1n) is 10.1. The van der Waals surface area contributed by atoms with E-state index in [1.165, 1.54) is 0 Å². The van der Waals surface area contributed by atoms with E-state index in [0.29, 0.717) is 33.0 Å². The van der Waals surface area contributed by atoms with Crippen molar-refractivity contribution in [2.24, 2.45) is 5.92 Å². The molecule has 2 aromatic carbocycles. The Hall–Kier alpha value is -2.91. The SMILES string of the molecule is CC(C)COC(=O)c1ccc(NC(=O)CCC(=O)OCC(=O)Nc2ccc(Br)c(Cl)c2)cc1. The average molecular weight is 540 g/mol. The molecule has 0 aliphatic carbocycles. The molecule has 2 amide bonds. The lowest BCUT2D eigenvalue weighted by Gasteiger charge is -2.09. The highest BCUT2D eigenvalue weighted by molar-refractivity contribution is 9.10. The highest BCUT2D eigenvalue weighted by Crippen LogP contribution is 2.25. The topological polar surface area (TPSA) is 111 Å². The first kappa shape index (κ1) is 26.3. The molecule has 176 valence electrons. The van der Waals surface area contributed by atoms with Crippen LogP contribution in [0.15, 0.2) is 46.9 Å². The summed E-state index contributed by atoms with van der Waals surface area (Å²) in [7, 11) is 0. The van der Waals surface area contributed by atoms with E-state index in [1.54, 1.807) is 42.5 Å². The van der Waals surface area contributed by atoms with E-state index >= 15 is 0 Å². The average Bonchev–Trinajstić information content (AvgIpc) is 2.77. The monoisotopic (exact) mass is 538 g/mol. The molecule has 33 heavy (non-hydrogen) atoms. The first-order chi connectivity index (χ1) is 15.6. The third kappa shape index (κ3) is 9.63. The molecule has 0 aromatic heterocycles. The summed E-state index contributed by atoms with van der Waals surface area (Å²) in [5.74, 6) is -1.82. The Morgan fingerprint density at radius 3 is 2.18 bits per heavy atom. The van der Waals surface area contributed by atoms with Gasteiger partial charge in [0, 0.05) is 22.3 Å². The van der Waals surface area contributed by atoms with Crippen molar-refractivity contribution in [2.45, 2.75) is 26.7 Å². The smallest absolute Gasteiger partial charge is 0.338 e. The predicted molar refractivity (Wildman–Crippen MR) is 128 cm³/mol. The minimum atomic E-state index is -0.683. The summed E-state index contributed by atoms with van der Waals surface area (Å²) in [6.45, 7) is 3.73. The number of carbonyl (C=O) groups is 4. The zero-order valence-electron chi connectivity index (χ0n) is 18.2. The van der Waals surface area contributed by atoms with Crippen molar-refractivity contribution >= 4 is 62.7 Å². The van der Waals surface area contributed by atoms with Gasteiger partial charge in [-0.15, -0.1) is 0 Å². The Kier molecular flexibility index (Phi) is 10.3. The number of carbonyl (C=O) groups excluding carboxylic acids is 4. The van der Waals surface area contributed by atoms with Gasteiger partial charge in [0.15, 0.2) is 6.61 Å². The maximum absolute atomic E-state index is 12.0. The van der Waals surface area contributed by atoms with Crippen LogP contribution in [0.5, 0.6) is 0 Å². The second-order valence-electron chi connectivity index (χ2n) is 7.46. The van der Waals surface area contributed by atoms with Crippen molar-refractivity contribution in [3.63, 3.8) is 0 Å². The lowest BCUT2D eigenvalue weighted by molar-refractivity contribution is -0.147. The van der Waals surface area contributed by atoms with Crippen molar-refractivity contribution in [3.05, 3.63) is 57.5 Å². The molecule has 0 bridgehead atoms. The molecule has 0 atom stereocenters. The zero-order valence-corrected chi connectivity index (χ0v) is 20.5. The fraction of sp³-hybridized carbons (Fsp3) is 0.304. The third-order valence-electron chi connectivity index (χ3n) is 4.08. The summed E-state index contributed by atoms with van der Waals surface area (Å²) >= 11 is 9.20. The number of benzene rings is 2. The van der Waals surface area contributed by atoms with E-state index in [9.17, 15) is 19.2 Å². The number of rotatable bonds is 10. The molecule has 0 unspecified atom stereocenters. The molecule has 0 spiro atoms. The predicted octanol–water partition coefficient (Wildman–Crippen LogP) is 4.82. The second kappa shape index (κ2) is 13.0. The molecule has 0 saturated heterocycles. The number of esters is 2. The summed E-state index contributed by atoms with van der Waals surface area (Å²) in [4.78, 5) is 47.7. The molecule has 0 radical (unpaired) electrons. The van der Waals surface area contributed by atoms with Gasteiger partial charge < -0.3 is 20.1 Å². The van der Waals surface area contributed by atoms with E-state index in [2.05, 4.69) is 26.6 Å². The van der Waals surface area contributed by atoms with Gasteiger partial charge in [0.2, 0.25) is 5.91 Å². The van der Waals surface area contributed by atoms with Crippen LogP contribution in [-0.4, -0.2) is 37.0 Å². The minimum absolute atomic E-state index is 0.124. The van der Waals surface area contributed by atoms with Crippen molar-refractivity contribution in [3.8, 4) is 0 Å². The van der Waals surface area contributed by atoms with Gasteiger partial charge in [-0.3, -0.25) is 14.4 Å². The van der Waals surface area contributed by atoms with Crippen LogP contribution < -0.4 is 10.6 Å². The van der Waals surface area contributed by atoms with Gasteiger partial charge in [-0.05, 0) is 64.3 Å². The molecule has 0 aliphatic heterocycles. The quantitative estimate of drug-likeness (QED) is 0.419. The summed E-state index contributed by atoms with van der Waals surface area (Å²) < 4.78 is 10.7. The Balaban J connectivity index is 1.70. The van der Waals surface area contributed by atoms with Gasteiger partial charge in [-0.1, -0.05) is 25.4 Å². The van der Waals surface area contributed by atoms with Crippen LogP contribution in [0.1, 0.15) is 37.0 Å². The molecule has 0 heterocycles. The first-order valence-corrected chi connectivity index (χ1v) is 11.3. The van der Waals surface area contributed by atoms with Crippen LogP contribution in [0.25, 0.3) is 0 Å². The van der Waals surface area contributed by atoms with Crippen LogP contribution in [0.2, 0.25) is 5.02 Å². The van der Waals surface area contributed by atoms with Crippen LogP contribution in [0.3, 0.4) is 0 Å². The third-order valence-corrected chi connectivity index (χ3v) is 5.31. The summed E-state index contributed by atoms with van der Waals surface area (Å²) in [5.41, 5.74) is 1.31. The summed E-state index contributed by atoms with van der Waals surface area (Å²) in [6.07, 6.45) is -0.316. The number of nitrogens with one attached hydrogen (secondary N) is 2. The largest absolute Gasteiger partial charge is 0.462 e. The van der Waals surface area contributed by atoms with Crippen LogP contribution in [0.4, 0.5) is 11.4 Å². The summed E-state index contributed by atoms with van der Waals surface area (Å²) in [6, 6.07) is 11.1.